The third kappa shape index (κ3) is 2.91. The third-order valence-electron chi connectivity index (χ3n) is 4.90. The summed E-state index contributed by atoms with van der Waals surface area (Å²) in [5.74, 6) is 0. The molecule has 5 rings (SSSR count). The maximum atomic E-state index is 8.67. The largest absolute Gasteiger partial charge is 0.437 e. The predicted octanol–water partition coefficient (Wildman–Crippen LogP) is 7.76. The Morgan fingerprint density at radius 2 is 1.86 bits per heavy atom. The van der Waals surface area contributed by atoms with Gasteiger partial charge in [-0.15, -0.1) is 11.3 Å². The molecule has 0 atom stereocenters. The van der Waals surface area contributed by atoms with E-state index < -0.39 is 11.8 Å². The summed E-state index contributed by atoms with van der Waals surface area (Å²) < 4.78 is 24.6. The zero-order chi connectivity index (χ0) is 21.3. The van der Waals surface area contributed by atoms with Gasteiger partial charge in [-0.1, -0.05) is 51.1 Å². The number of nitrogens with zero attached hydrogens (tertiary/aromatic N) is 1. The van der Waals surface area contributed by atoms with Crippen molar-refractivity contribution in [2.75, 3.05) is 0 Å². The number of fused-ring (bicyclic) bond motifs is 4. The molecule has 0 saturated carbocycles. The lowest BCUT2D eigenvalue weighted by Gasteiger charge is -2.17. The van der Waals surface area contributed by atoms with Crippen molar-refractivity contribution in [2.24, 2.45) is 5.41 Å². The molecule has 0 N–H and O–H groups in total. The van der Waals surface area contributed by atoms with Crippen LogP contribution in [0.15, 0.2) is 58.3 Å². The van der Waals surface area contributed by atoms with Gasteiger partial charge in [-0.05, 0) is 58.8 Å². The lowest BCUT2D eigenvalue weighted by molar-refractivity contribution is 0.413. The molecular formula is C25H23NOS. The monoisotopic (exact) mass is 387 g/mol. The molecule has 0 unspecified atom stereocenters. The molecule has 0 aliphatic rings. The fraction of sp³-hybridized carbons (Fsp3) is 0.240. The Labute approximate surface area is 171 Å². The Morgan fingerprint density at radius 1 is 1.04 bits per heavy atom. The molecule has 0 bridgehead atoms. The van der Waals surface area contributed by atoms with E-state index in [1.807, 2.05) is 45.2 Å². The number of hydrogen-bond donors (Lipinski definition) is 0. The highest BCUT2D eigenvalue weighted by Crippen LogP contribution is 2.38. The van der Waals surface area contributed by atoms with Crippen molar-refractivity contribution in [2.45, 2.75) is 34.1 Å². The van der Waals surface area contributed by atoms with Crippen LogP contribution in [0.25, 0.3) is 43.3 Å². The van der Waals surface area contributed by atoms with Crippen molar-refractivity contribution in [3.8, 4) is 11.1 Å². The zero-order valence-corrected chi connectivity index (χ0v) is 17.3. The normalized spacial score (nSPS) is 14.0. The second-order valence-corrected chi connectivity index (χ2v) is 9.24. The van der Waals surface area contributed by atoms with E-state index in [9.17, 15) is 0 Å². The van der Waals surface area contributed by atoms with Gasteiger partial charge >= 0.3 is 0 Å². The van der Waals surface area contributed by atoms with Crippen LogP contribution in [0.1, 0.15) is 34.8 Å². The minimum Gasteiger partial charge on any atom is -0.437 e. The first kappa shape index (κ1) is 15.3. The quantitative estimate of drug-likeness (QED) is 0.309. The van der Waals surface area contributed by atoms with Crippen molar-refractivity contribution in [3.05, 3.63) is 65.2 Å². The van der Waals surface area contributed by atoms with E-state index in [4.69, 9.17) is 7.16 Å². The molecule has 28 heavy (non-hydrogen) atoms. The van der Waals surface area contributed by atoms with E-state index >= 15 is 0 Å². The van der Waals surface area contributed by atoms with Crippen LogP contribution in [0.3, 0.4) is 0 Å². The molecule has 0 aliphatic carbocycles. The first-order valence-electron chi connectivity index (χ1n) is 10.5. The van der Waals surface area contributed by atoms with E-state index in [-0.39, 0.29) is 0 Å². The maximum Gasteiger partial charge on any atom is 0.227 e. The van der Waals surface area contributed by atoms with Gasteiger partial charge in [-0.2, -0.15) is 0 Å². The molecule has 0 radical (unpaired) electrons. The number of hydrogen-bond acceptors (Lipinski definition) is 3. The standard InChI is InChI=1S/C25H23NOS/c1-15-8-10-21-20-7-5-6-19(23(20)27-24(21)26-15)16-9-11-18-17(13-25(2,3)4)14-28-22(18)12-16/h5-12,14H,13H2,1-4H3/i13D2. The Hall–Kier alpha value is -2.65. The fourth-order valence-corrected chi connectivity index (χ4v) is 4.63. The minimum atomic E-state index is -1.41. The lowest BCUT2D eigenvalue weighted by atomic mass is 9.88. The number of aryl methyl sites for hydroxylation is 1. The van der Waals surface area contributed by atoms with Gasteiger partial charge in [-0.3, -0.25) is 0 Å². The maximum absolute atomic E-state index is 8.67. The van der Waals surface area contributed by atoms with Crippen LogP contribution in [0.4, 0.5) is 0 Å². The van der Waals surface area contributed by atoms with Crippen LogP contribution < -0.4 is 0 Å². The first-order valence-corrected chi connectivity index (χ1v) is 10.4. The number of rotatable bonds is 2. The molecule has 0 aliphatic heterocycles. The first-order chi connectivity index (χ1) is 14.2. The van der Waals surface area contributed by atoms with Crippen molar-refractivity contribution in [3.63, 3.8) is 0 Å². The summed E-state index contributed by atoms with van der Waals surface area (Å²) in [6.45, 7) is 7.81. The summed E-state index contributed by atoms with van der Waals surface area (Å²) in [6.07, 6.45) is -1.41. The Kier molecular flexibility index (Phi) is 3.38. The van der Waals surface area contributed by atoms with Gasteiger partial charge in [0.15, 0.2) is 0 Å². The van der Waals surface area contributed by atoms with Crippen molar-refractivity contribution in [1.29, 1.82) is 0 Å². The summed E-state index contributed by atoms with van der Waals surface area (Å²) in [7, 11) is 0. The zero-order valence-electron chi connectivity index (χ0n) is 18.5. The molecular weight excluding hydrogens is 362 g/mol. The smallest absolute Gasteiger partial charge is 0.227 e. The summed E-state index contributed by atoms with van der Waals surface area (Å²) in [6, 6.07) is 16.5. The molecule has 5 aromatic rings. The highest BCUT2D eigenvalue weighted by atomic mass is 32.1. The SMILES string of the molecule is [2H]C([2H])(c1csc2cc(-c3cccc4c3oc3nc(C)ccc34)ccc12)C(C)(C)C. The average Bonchev–Trinajstić information content (AvgIpc) is 3.27. The van der Waals surface area contributed by atoms with Gasteiger partial charge in [0, 0.05) is 29.5 Å². The van der Waals surface area contributed by atoms with Crippen LogP contribution >= 0.6 is 11.3 Å². The van der Waals surface area contributed by atoms with Gasteiger partial charge in [-0.25, -0.2) is 4.98 Å². The molecule has 3 heteroatoms. The number of para-hydroxylation sites is 1. The fourth-order valence-electron chi connectivity index (χ4n) is 3.70. The molecule has 2 aromatic carbocycles. The molecule has 2 nitrogen and oxygen atoms in total. The summed E-state index contributed by atoms with van der Waals surface area (Å²) in [5, 5.41) is 5.04. The Bertz CT molecular complexity index is 1420. The molecule has 3 heterocycles. The molecule has 0 saturated heterocycles. The summed E-state index contributed by atoms with van der Waals surface area (Å²) in [5.41, 5.74) is 4.81. The lowest BCUT2D eigenvalue weighted by Crippen LogP contribution is -2.08. The van der Waals surface area contributed by atoms with Crippen LogP contribution in [-0.4, -0.2) is 4.98 Å². The minimum absolute atomic E-state index is 0.481. The van der Waals surface area contributed by atoms with Gasteiger partial charge < -0.3 is 4.42 Å². The van der Waals surface area contributed by atoms with E-state index in [0.717, 1.165) is 48.8 Å². The number of furan rings is 1. The molecule has 0 fully saturated rings. The molecule has 0 spiro atoms. The average molecular weight is 388 g/mol. The Balaban J connectivity index is 1.69. The molecule has 3 aromatic heterocycles. The third-order valence-corrected chi connectivity index (χ3v) is 5.84. The van der Waals surface area contributed by atoms with Gasteiger partial charge in [0.25, 0.3) is 0 Å². The number of thiophene rings is 1. The van der Waals surface area contributed by atoms with E-state index in [1.54, 1.807) is 11.3 Å². The molecule has 140 valence electrons. The second kappa shape index (κ2) is 6.18. The van der Waals surface area contributed by atoms with Gasteiger partial charge in [0.2, 0.25) is 5.71 Å². The topological polar surface area (TPSA) is 26.0 Å². The second-order valence-electron chi connectivity index (χ2n) is 8.32. The Morgan fingerprint density at radius 3 is 2.68 bits per heavy atom. The van der Waals surface area contributed by atoms with Crippen molar-refractivity contribution in [1.82, 2.24) is 4.98 Å². The van der Waals surface area contributed by atoms with Gasteiger partial charge in [0.1, 0.15) is 5.58 Å². The van der Waals surface area contributed by atoms with Crippen molar-refractivity contribution < 1.29 is 7.16 Å². The number of benzene rings is 2. The number of pyridine rings is 1. The predicted molar refractivity (Wildman–Crippen MR) is 120 cm³/mol. The van der Waals surface area contributed by atoms with E-state index in [2.05, 4.69) is 41.4 Å². The van der Waals surface area contributed by atoms with Crippen LogP contribution in [0.5, 0.6) is 0 Å². The molecule has 0 amide bonds. The summed E-state index contributed by atoms with van der Waals surface area (Å²) in [4.78, 5) is 4.54. The van der Waals surface area contributed by atoms with Crippen LogP contribution in [0.2, 0.25) is 0 Å². The van der Waals surface area contributed by atoms with Crippen LogP contribution in [0, 0.1) is 12.3 Å². The number of aromatic nitrogens is 1. The van der Waals surface area contributed by atoms with E-state index in [1.165, 1.54) is 0 Å². The van der Waals surface area contributed by atoms with E-state index in [0.29, 0.717) is 5.71 Å². The van der Waals surface area contributed by atoms with Crippen molar-refractivity contribution >= 4 is 43.5 Å². The summed E-state index contributed by atoms with van der Waals surface area (Å²) >= 11 is 1.60. The van der Waals surface area contributed by atoms with Crippen LogP contribution in [-0.2, 0) is 6.37 Å². The van der Waals surface area contributed by atoms with Gasteiger partial charge in [0.05, 0.1) is 0 Å². The highest BCUT2D eigenvalue weighted by molar-refractivity contribution is 7.17. The highest BCUT2D eigenvalue weighted by Gasteiger charge is 2.16.